The van der Waals surface area contributed by atoms with Crippen LogP contribution in [-0.2, 0) is 0 Å². The number of rotatable bonds is 1. The van der Waals surface area contributed by atoms with Gasteiger partial charge < -0.3 is 5.32 Å². The zero-order valence-electron chi connectivity index (χ0n) is 6.41. The maximum Gasteiger partial charge on any atom is 0.131 e. The lowest BCUT2D eigenvalue weighted by Gasteiger charge is -2.04. The minimum Gasteiger partial charge on any atom is -0.388 e. The van der Waals surface area contributed by atoms with Crippen LogP contribution in [-0.4, -0.2) is 7.05 Å². The fourth-order valence-electron chi connectivity index (χ4n) is 0.905. The van der Waals surface area contributed by atoms with Gasteiger partial charge in [-0.3, -0.25) is 0 Å². The fourth-order valence-corrected chi connectivity index (χ4v) is 0.905. The largest absolute Gasteiger partial charge is 0.388 e. The van der Waals surface area contributed by atoms with Gasteiger partial charge >= 0.3 is 0 Å². The molecule has 3 heteroatoms. The molecule has 11 heavy (non-hydrogen) atoms. The molecule has 0 bridgehead atoms. The summed E-state index contributed by atoms with van der Waals surface area (Å²) in [6.07, 6.45) is 0. The predicted molar refractivity (Wildman–Crippen MR) is 40.6 cm³/mol. The maximum atomic E-state index is 12.7. The summed E-state index contributed by atoms with van der Waals surface area (Å²) in [7, 11) is 1.63. The lowest BCUT2D eigenvalue weighted by Crippen LogP contribution is -1.95. The summed E-state index contributed by atoms with van der Waals surface area (Å²) >= 11 is 0. The summed E-state index contributed by atoms with van der Waals surface area (Å²) in [5.41, 5.74) is 0.927. The first kappa shape index (κ1) is 7.98. The number of benzene rings is 1. The molecule has 0 heterocycles. The first-order valence-electron chi connectivity index (χ1n) is 3.28. The fraction of sp³-hybridized carbons (Fsp3) is 0.250. The van der Waals surface area contributed by atoms with Crippen LogP contribution >= 0.6 is 0 Å². The van der Waals surface area contributed by atoms with Crippen molar-refractivity contribution >= 4 is 5.69 Å². The summed E-state index contributed by atoms with van der Waals surface area (Å²) < 4.78 is 25.3. The number of nitrogens with one attached hydrogen (secondary N) is 1. The molecule has 0 aliphatic heterocycles. The van der Waals surface area contributed by atoms with Crippen LogP contribution in [0.1, 0.15) is 5.56 Å². The van der Waals surface area contributed by atoms with E-state index in [1.165, 1.54) is 6.07 Å². The topological polar surface area (TPSA) is 12.0 Å². The van der Waals surface area contributed by atoms with Crippen molar-refractivity contribution in [3.8, 4) is 0 Å². The molecule has 1 aromatic carbocycles. The average Bonchev–Trinajstić information content (AvgIpc) is 1.96. The summed E-state index contributed by atoms with van der Waals surface area (Å²) in [6.45, 7) is 1.60. The number of hydrogen-bond donors (Lipinski definition) is 1. The van der Waals surface area contributed by atoms with Crippen molar-refractivity contribution in [1.82, 2.24) is 0 Å². The number of hydrogen-bond acceptors (Lipinski definition) is 1. The van der Waals surface area contributed by atoms with Crippen molar-refractivity contribution in [2.75, 3.05) is 12.4 Å². The van der Waals surface area contributed by atoms with Crippen LogP contribution in [0.4, 0.5) is 14.5 Å². The minimum atomic E-state index is -0.558. The quantitative estimate of drug-likeness (QED) is 0.659. The van der Waals surface area contributed by atoms with Gasteiger partial charge in [-0.05, 0) is 13.0 Å². The zero-order chi connectivity index (χ0) is 8.43. The second-order valence-electron chi connectivity index (χ2n) is 2.31. The van der Waals surface area contributed by atoms with E-state index in [0.717, 1.165) is 6.07 Å². The van der Waals surface area contributed by atoms with Crippen LogP contribution in [0.3, 0.4) is 0 Å². The number of anilines is 1. The van der Waals surface area contributed by atoms with E-state index in [1.807, 2.05) is 0 Å². The third-order valence-electron chi connectivity index (χ3n) is 1.58. The summed E-state index contributed by atoms with van der Waals surface area (Å²) in [5, 5.41) is 2.70. The van der Waals surface area contributed by atoms with Gasteiger partial charge in [-0.1, -0.05) is 0 Å². The van der Waals surface area contributed by atoms with E-state index in [-0.39, 0.29) is 0 Å². The summed E-state index contributed by atoms with van der Waals surface area (Å²) in [6, 6.07) is 2.13. The molecule has 1 N–H and O–H groups in total. The van der Waals surface area contributed by atoms with Crippen LogP contribution in [0.25, 0.3) is 0 Å². The van der Waals surface area contributed by atoms with Gasteiger partial charge in [0.25, 0.3) is 0 Å². The van der Waals surface area contributed by atoms with Gasteiger partial charge in [0, 0.05) is 24.4 Å². The Morgan fingerprint density at radius 1 is 1.27 bits per heavy atom. The Kier molecular flexibility index (Phi) is 2.08. The molecule has 0 atom stereocenters. The van der Waals surface area contributed by atoms with E-state index in [2.05, 4.69) is 5.32 Å². The van der Waals surface area contributed by atoms with Crippen molar-refractivity contribution in [3.05, 3.63) is 29.3 Å². The van der Waals surface area contributed by atoms with Gasteiger partial charge in [0.1, 0.15) is 11.6 Å². The van der Waals surface area contributed by atoms with Gasteiger partial charge in [0.2, 0.25) is 0 Å². The minimum absolute atomic E-state index is 0.439. The molecule has 60 valence electrons. The monoisotopic (exact) mass is 157 g/mol. The van der Waals surface area contributed by atoms with E-state index in [9.17, 15) is 8.78 Å². The molecule has 1 rings (SSSR count). The van der Waals surface area contributed by atoms with Crippen molar-refractivity contribution in [3.63, 3.8) is 0 Å². The van der Waals surface area contributed by atoms with Crippen molar-refractivity contribution < 1.29 is 8.78 Å². The molecule has 1 nitrogen and oxygen atoms in total. The van der Waals surface area contributed by atoms with E-state index in [1.54, 1.807) is 14.0 Å². The second kappa shape index (κ2) is 2.86. The third kappa shape index (κ3) is 1.48. The molecule has 0 aliphatic carbocycles. The highest BCUT2D eigenvalue weighted by Gasteiger charge is 2.04. The highest BCUT2D eigenvalue weighted by atomic mass is 19.1. The van der Waals surface area contributed by atoms with Crippen molar-refractivity contribution in [2.24, 2.45) is 0 Å². The van der Waals surface area contributed by atoms with Gasteiger partial charge in [-0.2, -0.15) is 0 Å². The van der Waals surface area contributed by atoms with E-state index in [0.29, 0.717) is 11.3 Å². The molecule has 0 radical (unpaired) electrons. The Hall–Kier alpha value is -1.12. The van der Waals surface area contributed by atoms with Crippen LogP contribution in [0.15, 0.2) is 12.1 Å². The van der Waals surface area contributed by atoms with Crippen molar-refractivity contribution in [2.45, 2.75) is 6.92 Å². The van der Waals surface area contributed by atoms with Gasteiger partial charge in [-0.15, -0.1) is 0 Å². The van der Waals surface area contributed by atoms with Crippen LogP contribution in [0, 0.1) is 18.6 Å². The Balaban J connectivity index is 3.24. The maximum absolute atomic E-state index is 12.7. The standard InChI is InChI=1S/C8H9F2N/c1-5-7(10)3-6(9)4-8(5)11-2/h3-4,11H,1-2H3. The van der Waals surface area contributed by atoms with E-state index < -0.39 is 11.6 Å². The molecular formula is C8H9F2N. The molecule has 1 aromatic rings. The summed E-state index contributed by atoms with van der Waals surface area (Å²) in [5.74, 6) is -1.08. The van der Waals surface area contributed by atoms with Gasteiger partial charge in [0.15, 0.2) is 0 Å². The smallest absolute Gasteiger partial charge is 0.131 e. The summed E-state index contributed by atoms with van der Waals surface area (Å²) in [4.78, 5) is 0. The van der Waals surface area contributed by atoms with Crippen molar-refractivity contribution in [1.29, 1.82) is 0 Å². The van der Waals surface area contributed by atoms with E-state index in [4.69, 9.17) is 0 Å². The highest BCUT2D eigenvalue weighted by Crippen LogP contribution is 2.18. The van der Waals surface area contributed by atoms with Gasteiger partial charge in [0.05, 0.1) is 0 Å². The predicted octanol–water partition coefficient (Wildman–Crippen LogP) is 2.31. The molecular weight excluding hydrogens is 148 g/mol. The molecule has 0 fully saturated rings. The Morgan fingerprint density at radius 3 is 2.45 bits per heavy atom. The van der Waals surface area contributed by atoms with Crippen LogP contribution < -0.4 is 5.32 Å². The molecule has 0 amide bonds. The molecule has 0 saturated heterocycles. The molecule has 0 unspecified atom stereocenters. The Morgan fingerprint density at radius 2 is 1.91 bits per heavy atom. The van der Waals surface area contributed by atoms with Gasteiger partial charge in [-0.25, -0.2) is 8.78 Å². The zero-order valence-corrected chi connectivity index (χ0v) is 6.41. The lowest BCUT2D eigenvalue weighted by molar-refractivity contribution is 0.578. The normalized spacial score (nSPS) is 9.82. The van der Waals surface area contributed by atoms with E-state index >= 15 is 0 Å². The SMILES string of the molecule is CNc1cc(F)cc(F)c1C. The number of halogens is 2. The Labute approximate surface area is 64.0 Å². The molecule has 0 saturated carbocycles. The first-order valence-corrected chi connectivity index (χ1v) is 3.28. The molecule has 0 aliphatic rings. The van der Waals surface area contributed by atoms with Crippen LogP contribution in [0.5, 0.6) is 0 Å². The average molecular weight is 157 g/mol. The Bertz CT molecular complexity index is 271. The third-order valence-corrected chi connectivity index (χ3v) is 1.58. The molecule has 0 spiro atoms. The lowest BCUT2D eigenvalue weighted by atomic mass is 10.2. The second-order valence-corrected chi connectivity index (χ2v) is 2.31. The first-order chi connectivity index (χ1) is 5.15. The van der Waals surface area contributed by atoms with Crippen LogP contribution in [0.2, 0.25) is 0 Å². The molecule has 0 aromatic heterocycles. The highest BCUT2D eigenvalue weighted by molar-refractivity contribution is 5.50.